The molecule has 1 heterocycles. The SMILES string of the molecule is CCCCCCCCCCCCCCOc1ccc(C(=O)OCC)o1. The quantitative estimate of drug-likeness (QED) is 0.250. The van der Waals surface area contributed by atoms with Crippen LogP contribution in [0.15, 0.2) is 16.5 Å². The number of ether oxygens (including phenoxy) is 2. The van der Waals surface area contributed by atoms with Crippen LogP contribution in [0.3, 0.4) is 0 Å². The molecule has 0 saturated carbocycles. The summed E-state index contributed by atoms with van der Waals surface area (Å²) in [7, 11) is 0. The van der Waals surface area contributed by atoms with Crippen LogP contribution in [0.4, 0.5) is 0 Å². The largest absolute Gasteiger partial charge is 0.465 e. The number of carbonyl (C=O) groups excluding carboxylic acids is 1. The predicted molar refractivity (Wildman–Crippen MR) is 101 cm³/mol. The average molecular weight is 353 g/mol. The third-order valence-corrected chi connectivity index (χ3v) is 4.30. The minimum Gasteiger partial charge on any atom is -0.465 e. The zero-order valence-electron chi connectivity index (χ0n) is 16.2. The molecule has 0 aliphatic heterocycles. The van der Waals surface area contributed by atoms with Gasteiger partial charge in [-0.25, -0.2) is 4.79 Å². The van der Waals surface area contributed by atoms with E-state index < -0.39 is 5.97 Å². The lowest BCUT2D eigenvalue weighted by Crippen LogP contribution is -2.02. The molecule has 0 saturated heterocycles. The van der Waals surface area contributed by atoms with E-state index in [1.165, 1.54) is 70.6 Å². The first-order chi connectivity index (χ1) is 12.3. The molecule has 4 heteroatoms. The average Bonchev–Trinajstić information content (AvgIpc) is 3.08. The van der Waals surface area contributed by atoms with Gasteiger partial charge in [-0.15, -0.1) is 0 Å². The van der Waals surface area contributed by atoms with Crippen LogP contribution >= 0.6 is 0 Å². The molecule has 0 spiro atoms. The molecule has 0 atom stereocenters. The summed E-state index contributed by atoms with van der Waals surface area (Å²) in [6.07, 6.45) is 15.9. The van der Waals surface area contributed by atoms with E-state index in [9.17, 15) is 4.79 Å². The predicted octanol–water partition coefficient (Wildman–Crippen LogP) is 6.54. The molecule has 0 aliphatic rings. The zero-order chi connectivity index (χ0) is 18.2. The Morgan fingerprint density at radius 2 is 1.40 bits per heavy atom. The molecule has 0 fully saturated rings. The fourth-order valence-electron chi connectivity index (χ4n) is 2.83. The van der Waals surface area contributed by atoms with E-state index in [2.05, 4.69) is 6.92 Å². The van der Waals surface area contributed by atoms with Crippen molar-refractivity contribution in [2.75, 3.05) is 13.2 Å². The number of esters is 1. The Morgan fingerprint density at radius 1 is 0.840 bits per heavy atom. The third-order valence-electron chi connectivity index (χ3n) is 4.30. The van der Waals surface area contributed by atoms with Crippen LogP contribution in [0.25, 0.3) is 0 Å². The first kappa shape index (κ1) is 21.6. The van der Waals surface area contributed by atoms with Gasteiger partial charge in [0.1, 0.15) is 0 Å². The van der Waals surface area contributed by atoms with E-state index in [0.29, 0.717) is 19.2 Å². The maximum Gasteiger partial charge on any atom is 0.374 e. The van der Waals surface area contributed by atoms with Crippen molar-refractivity contribution in [2.45, 2.75) is 90.9 Å². The second kappa shape index (κ2) is 14.9. The van der Waals surface area contributed by atoms with Gasteiger partial charge in [0, 0.05) is 6.07 Å². The third kappa shape index (κ3) is 10.9. The van der Waals surface area contributed by atoms with Crippen LogP contribution in [0.1, 0.15) is 101 Å². The lowest BCUT2D eigenvalue weighted by atomic mass is 10.1. The van der Waals surface area contributed by atoms with Gasteiger partial charge in [0.05, 0.1) is 13.2 Å². The summed E-state index contributed by atoms with van der Waals surface area (Å²) in [6.45, 7) is 5.01. The van der Waals surface area contributed by atoms with Gasteiger partial charge in [0.25, 0.3) is 5.95 Å². The van der Waals surface area contributed by atoms with Gasteiger partial charge in [-0.2, -0.15) is 0 Å². The Balaban J connectivity index is 1.90. The van der Waals surface area contributed by atoms with Gasteiger partial charge in [-0.3, -0.25) is 0 Å². The minimum atomic E-state index is -0.442. The Morgan fingerprint density at radius 3 is 1.96 bits per heavy atom. The Kier molecular flexibility index (Phi) is 12.8. The maximum absolute atomic E-state index is 11.5. The van der Waals surface area contributed by atoms with Crippen molar-refractivity contribution in [3.63, 3.8) is 0 Å². The molecular formula is C21H36O4. The molecule has 4 nitrogen and oxygen atoms in total. The van der Waals surface area contributed by atoms with Crippen molar-refractivity contribution in [3.05, 3.63) is 17.9 Å². The lowest BCUT2D eigenvalue weighted by Gasteiger charge is -2.04. The smallest absolute Gasteiger partial charge is 0.374 e. The van der Waals surface area contributed by atoms with Gasteiger partial charge < -0.3 is 13.9 Å². The molecule has 0 radical (unpaired) electrons. The molecule has 0 unspecified atom stereocenters. The first-order valence-corrected chi connectivity index (χ1v) is 10.2. The monoisotopic (exact) mass is 352 g/mol. The Hall–Kier alpha value is -1.45. The van der Waals surface area contributed by atoms with Gasteiger partial charge >= 0.3 is 5.97 Å². The fraction of sp³-hybridized carbons (Fsp3) is 0.762. The molecule has 0 amide bonds. The van der Waals surface area contributed by atoms with Crippen molar-refractivity contribution in [3.8, 4) is 5.95 Å². The highest BCUT2D eigenvalue weighted by atomic mass is 16.6. The number of furan rings is 1. The van der Waals surface area contributed by atoms with Crippen LogP contribution < -0.4 is 4.74 Å². The van der Waals surface area contributed by atoms with Crippen molar-refractivity contribution in [2.24, 2.45) is 0 Å². The number of hydrogen-bond acceptors (Lipinski definition) is 4. The summed E-state index contributed by atoms with van der Waals surface area (Å²) in [5.74, 6) is 0.153. The summed E-state index contributed by atoms with van der Waals surface area (Å²) in [4.78, 5) is 11.5. The van der Waals surface area contributed by atoms with Crippen molar-refractivity contribution < 1.29 is 18.7 Å². The Labute approximate surface area is 153 Å². The zero-order valence-corrected chi connectivity index (χ0v) is 16.2. The van der Waals surface area contributed by atoms with Crippen molar-refractivity contribution >= 4 is 5.97 Å². The van der Waals surface area contributed by atoms with Gasteiger partial charge in [-0.1, -0.05) is 77.6 Å². The van der Waals surface area contributed by atoms with Gasteiger partial charge in [-0.05, 0) is 19.4 Å². The number of carbonyl (C=O) groups is 1. The van der Waals surface area contributed by atoms with Gasteiger partial charge in [0.2, 0.25) is 5.76 Å². The van der Waals surface area contributed by atoms with E-state index in [0.717, 1.165) is 6.42 Å². The van der Waals surface area contributed by atoms with Crippen LogP contribution in [-0.4, -0.2) is 19.2 Å². The molecule has 1 aromatic heterocycles. The summed E-state index contributed by atoms with van der Waals surface area (Å²) >= 11 is 0. The molecule has 144 valence electrons. The highest BCUT2D eigenvalue weighted by Gasteiger charge is 2.12. The van der Waals surface area contributed by atoms with Crippen LogP contribution in [0.2, 0.25) is 0 Å². The van der Waals surface area contributed by atoms with Gasteiger partial charge in [0.15, 0.2) is 0 Å². The molecule has 25 heavy (non-hydrogen) atoms. The summed E-state index contributed by atoms with van der Waals surface area (Å²) in [5.41, 5.74) is 0. The van der Waals surface area contributed by atoms with E-state index >= 15 is 0 Å². The van der Waals surface area contributed by atoms with Crippen LogP contribution in [0, 0.1) is 0 Å². The second-order valence-corrected chi connectivity index (χ2v) is 6.58. The first-order valence-electron chi connectivity index (χ1n) is 10.2. The highest BCUT2D eigenvalue weighted by Crippen LogP contribution is 2.17. The van der Waals surface area contributed by atoms with Crippen molar-refractivity contribution in [1.29, 1.82) is 0 Å². The summed E-state index contributed by atoms with van der Waals surface area (Å²) in [5, 5.41) is 0. The molecule has 1 rings (SSSR count). The van der Waals surface area contributed by atoms with E-state index in [1.807, 2.05) is 0 Å². The molecule has 0 N–H and O–H groups in total. The lowest BCUT2D eigenvalue weighted by molar-refractivity contribution is 0.0481. The summed E-state index contributed by atoms with van der Waals surface area (Å²) in [6, 6.07) is 3.27. The normalized spacial score (nSPS) is 10.8. The topological polar surface area (TPSA) is 48.7 Å². The molecular weight excluding hydrogens is 316 g/mol. The molecule has 0 bridgehead atoms. The second-order valence-electron chi connectivity index (χ2n) is 6.58. The standard InChI is InChI=1S/C21H36O4/c1-3-5-6-7-8-9-10-11-12-13-14-15-18-24-20-17-16-19(25-20)21(22)23-4-2/h16-17H,3-15,18H2,1-2H3. The molecule has 0 aromatic carbocycles. The maximum atomic E-state index is 11.5. The summed E-state index contributed by atoms with van der Waals surface area (Å²) < 4.78 is 15.7. The van der Waals surface area contributed by atoms with E-state index in [1.54, 1.807) is 19.1 Å². The van der Waals surface area contributed by atoms with E-state index in [-0.39, 0.29) is 5.76 Å². The number of unbranched alkanes of at least 4 members (excludes halogenated alkanes) is 11. The highest BCUT2D eigenvalue weighted by molar-refractivity contribution is 5.86. The Bertz CT molecular complexity index is 439. The minimum absolute atomic E-state index is 0.201. The van der Waals surface area contributed by atoms with Crippen LogP contribution in [-0.2, 0) is 4.74 Å². The van der Waals surface area contributed by atoms with E-state index in [4.69, 9.17) is 13.9 Å². The number of rotatable bonds is 16. The van der Waals surface area contributed by atoms with Crippen molar-refractivity contribution in [1.82, 2.24) is 0 Å². The molecule has 0 aliphatic carbocycles. The van der Waals surface area contributed by atoms with Crippen LogP contribution in [0.5, 0.6) is 5.95 Å². The number of hydrogen-bond donors (Lipinski definition) is 0. The fourth-order valence-corrected chi connectivity index (χ4v) is 2.83. The molecule has 1 aromatic rings.